The van der Waals surface area contributed by atoms with Gasteiger partial charge in [0.25, 0.3) is 5.91 Å². The third kappa shape index (κ3) is 5.04. The zero-order valence-corrected chi connectivity index (χ0v) is 19.9. The van der Waals surface area contributed by atoms with E-state index < -0.39 is 0 Å². The minimum Gasteiger partial charge on any atom is -0.493 e. The highest BCUT2D eigenvalue weighted by atomic mass is 16.5. The van der Waals surface area contributed by atoms with Gasteiger partial charge < -0.3 is 14.8 Å². The molecule has 1 aliphatic heterocycles. The van der Waals surface area contributed by atoms with Crippen LogP contribution >= 0.6 is 0 Å². The molecule has 0 radical (unpaired) electrons. The highest BCUT2D eigenvalue weighted by molar-refractivity contribution is 5.95. The summed E-state index contributed by atoms with van der Waals surface area (Å²) in [6.07, 6.45) is 0.920. The number of carbonyl (C=O) groups excluding carboxylic acids is 1. The number of aryl methyl sites for hydroxylation is 2. The molecule has 5 heteroatoms. The summed E-state index contributed by atoms with van der Waals surface area (Å²) in [4.78, 5) is 15.4. The number of nitrogens with one attached hydrogen (secondary N) is 1. The maximum atomic E-state index is 13.0. The predicted molar refractivity (Wildman–Crippen MR) is 131 cm³/mol. The summed E-state index contributed by atoms with van der Waals surface area (Å²) >= 11 is 0. The normalized spacial score (nSPS) is 15.6. The van der Waals surface area contributed by atoms with Gasteiger partial charge in [0.1, 0.15) is 0 Å². The molecule has 1 N–H and O–H groups in total. The molecule has 3 aromatic rings. The molecule has 0 aromatic heterocycles. The Labute approximate surface area is 196 Å². The Hall–Kier alpha value is -3.31. The molecule has 33 heavy (non-hydrogen) atoms. The SMILES string of the molecule is COc1cc2c(cc1OC)[C@@H](CNC(=O)c1ccccc1C)N(Cc1ccc(C)cc1)CC2. The maximum absolute atomic E-state index is 13.0. The van der Waals surface area contributed by atoms with Crippen molar-refractivity contribution in [3.8, 4) is 11.5 Å². The fraction of sp³-hybridized carbons (Fsp3) is 0.321. The van der Waals surface area contributed by atoms with Crippen LogP contribution in [-0.2, 0) is 13.0 Å². The van der Waals surface area contributed by atoms with Crippen LogP contribution in [0.2, 0.25) is 0 Å². The quantitative estimate of drug-likeness (QED) is 0.566. The van der Waals surface area contributed by atoms with E-state index in [4.69, 9.17) is 9.47 Å². The third-order valence-corrected chi connectivity index (χ3v) is 6.47. The number of carbonyl (C=O) groups is 1. The van der Waals surface area contributed by atoms with E-state index in [1.54, 1.807) is 14.2 Å². The predicted octanol–water partition coefficient (Wildman–Crippen LogP) is 4.85. The van der Waals surface area contributed by atoms with Crippen LogP contribution in [0.3, 0.4) is 0 Å². The molecule has 4 rings (SSSR count). The molecule has 0 saturated heterocycles. The van der Waals surface area contributed by atoms with Crippen molar-refractivity contribution in [1.82, 2.24) is 10.2 Å². The molecule has 0 fully saturated rings. The topological polar surface area (TPSA) is 50.8 Å². The maximum Gasteiger partial charge on any atom is 0.251 e. The van der Waals surface area contributed by atoms with Crippen LogP contribution in [0.4, 0.5) is 0 Å². The standard InChI is InChI=1S/C28H32N2O3/c1-19-9-11-21(12-10-19)18-30-14-13-22-15-26(32-3)27(33-4)16-24(22)25(30)17-29-28(31)23-8-6-5-7-20(23)2/h5-12,15-16,25H,13-14,17-18H2,1-4H3,(H,29,31)/t25-/m1/s1. The van der Waals surface area contributed by atoms with E-state index >= 15 is 0 Å². The number of ether oxygens (including phenoxy) is 2. The molecule has 0 saturated carbocycles. The molecule has 1 aliphatic rings. The number of benzene rings is 3. The number of hydrogen-bond donors (Lipinski definition) is 1. The second kappa shape index (κ2) is 10.1. The number of fused-ring (bicyclic) bond motifs is 1. The Morgan fingerprint density at radius 1 is 1.00 bits per heavy atom. The van der Waals surface area contributed by atoms with Gasteiger partial charge in [0, 0.05) is 25.2 Å². The second-order valence-corrected chi connectivity index (χ2v) is 8.65. The second-order valence-electron chi connectivity index (χ2n) is 8.65. The molecule has 0 bridgehead atoms. The smallest absolute Gasteiger partial charge is 0.251 e. The first-order valence-corrected chi connectivity index (χ1v) is 11.4. The first-order chi connectivity index (χ1) is 16.0. The van der Waals surface area contributed by atoms with Crippen LogP contribution in [0.1, 0.15) is 44.2 Å². The molecule has 0 unspecified atom stereocenters. The van der Waals surface area contributed by atoms with Crippen molar-refractivity contribution in [1.29, 1.82) is 0 Å². The Balaban J connectivity index is 1.63. The van der Waals surface area contributed by atoms with E-state index in [9.17, 15) is 4.79 Å². The van der Waals surface area contributed by atoms with Gasteiger partial charge >= 0.3 is 0 Å². The largest absolute Gasteiger partial charge is 0.493 e. The van der Waals surface area contributed by atoms with Crippen LogP contribution in [0, 0.1) is 13.8 Å². The van der Waals surface area contributed by atoms with Crippen molar-refractivity contribution < 1.29 is 14.3 Å². The zero-order valence-electron chi connectivity index (χ0n) is 19.9. The molecule has 5 nitrogen and oxygen atoms in total. The van der Waals surface area contributed by atoms with E-state index in [2.05, 4.69) is 53.5 Å². The zero-order chi connectivity index (χ0) is 23.4. The lowest BCUT2D eigenvalue weighted by Gasteiger charge is -2.38. The molecule has 1 atom stereocenters. The first-order valence-electron chi connectivity index (χ1n) is 11.4. The van der Waals surface area contributed by atoms with E-state index in [-0.39, 0.29) is 11.9 Å². The number of rotatable bonds is 7. The summed E-state index contributed by atoms with van der Waals surface area (Å²) in [6.45, 7) is 6.30. The van der Waals surface area contributed by atoms with Crippen LogP contribution in [0.15, 0.2) is 60.7 Å². The minimum atomic E-state index is -0.0454. The summed E-state index contributed by atoms with van der Waals surface area (Å²) in [6, 6.07) is 20.5. The molecule has 172 valence electrons. The molecule has 3 aromatic carbocycles. The van der Waals surface area contributed by atoms with E-state index in [0.29, 0.717) is 17.9 Å². The van der Waals surface area contributed by atoms with Crippen molar-refractivity contribution in [2.75, 3.05) is 27.3 Å². The fourth-order valence-corrected chi connectivity index (χ4v) is 4.55. The number of hydrogen-bond acceptors (Lipinski definition) is 4. The Morgan fingerprint density at radius 3 is 2.39 bits per heavy atom. The minimum absolute atomic E-state index is 0.0304. The van der Waals surface area contributed by atoms with Crippen LogP contribution in [0.5, 0.6) is 11.5 Å². The lowest BCUT2D eigenvalue weighted by molar-refractivity contribution is 0.0925. The van der Waals surface area contributed by atoms with Gasteiger partial charge in [-0.15, -0.1) is 0 Å². The monoisotopic (exact) mass is 444 g/mol. The van der Waals surface area contributed by atoms with Gasteiger partial charge in [0.05, 0.1) is 20.3 Å². The van der Waals surface area contributed by atoms with Gasteiger partial charge in [-0.25, -0.2) is 0 Å². The van der Waals surface area contributed by atoms with Crippen molar-refractivity contribution >= 4 is 5.91 Å². The number of nitrogens with zero attached hydrogens (tertiary/aromatic N) is 1. The third-order valence-electron chi connectivity index (χ3n) is 6.47. The first kappa shape index (κ1) is 22.9. The van der Waals surface area contributed by atoms with Gasteiger partial charge in [-0.3, -0.25) is 9.69 Å². The van der Waals surface area contributed by atoms with Gasteiger partial charge in [0.2, 0.25) is 0 Å². The highest BCUT2D eigenvalue weighted by Gasteiger charge is 2.29. The van der Waals surface area contributed by atoms with E-state index in [1.165, 1.54) is 22.3 Å². The van der Waals surface area contributed by atoms with Crippen molar-refractivity contribution in [3.63, 3.8) is 0 Å². The highest BCUT2D eigenvalue weighted by Crippen LogP contribution is 2.38. The Bertz CT molecular complexity index is 1120. The average Bonchev–Trinajstić information content (AvgIpc) is 2.83. The van der Waals surface area contributed by atoms with Crippen LogP contribution < -0.4 is 14.8 Å². The summed E-state index contributed by atoms with van der Waals surface area (Å²) in [5.41, 5.74) is 6.62. The van der Waals surface area contributed by atoms with Crippen molar-refractivity contribution in [3.05, 3.63) is 94.0 Å². The van der Waals surface area contributed by atoms with Gasteiger partial charge in [-0.1, -0.05) is 48.0 Å². The lowest BCUT2D eigenvalue weighted by atomic mass is 9.91. The molecule has 1 amide bonds. The average molecular weight is 445 g/mol. The summed E-state index contributed by atoms with van der Waals surface area (Å²) in [5.74, 6) is 1.41. The lowest BCUT2D eigenvalue weighted by Crippen LogP contribution is -2.42. The van der Waals surface area contributed by atoms with Crippen LogP contribution in [-0.4, -0.2) is 38.1 Å². The fourth-order valence-electron chi connectivity index (χ4n) is 4.55. The summed E-state index contributed by atoms with van der Waals surface area (Å²) < 4.78 is 11.1. The van der Waals surface area contributed by atoms with E-state index in [0.717, 1.165) is 30.8 Å². The number of methoxy groups -OCH3 is 2. The van der Waals surface area contributed by atoms with E-state index in [1.807, 2.05) is 31.2 Å². The number of amides is 1. The molecule has 0 aliphatic carbocycles. The van der Waals surface area contributed by atoms with Gasteiger partial charge in [0.15, 0.2) is 11.5 Å². The van der Waals surface area contributed by atoms with Crippen LogP contribution in [0.25, 0.3) is 0 Å². The molecular formula is C28H32N2O3. The Morgan fingerprint density at radius 2 is 1.70 bits per heavy atom. The summed E-state index contributed by atoms with van der Waals surface area (Å²) in [5, 5.41) is 3.19. The van der Waals surface area contributed by atoms with Gasteiger partial charge in [-0.2, -0.15) is 0 Å². The molecule has 1 heterocycles. The molecular weight excluding hydrogens is 412 g/mol. The van der Waals surface area contributed by atoms with Gasteiger partial charge in [-0.05, 0) is 60.7 Å². The summed E-state index contributed by atoms with van der Waals surface area (Å²) in [7, 11) is 3.32. The van der Waals surface area contributed by atoms with Crippen molar-refractivity contribution in [2.24, 2.45) is 0 Å². The Kier molecular flexibility index (Phi) is 6.99. The molecule has 0 spiro atoms. The van der Waals surface area contributed by atoms with Crippen molar-refractivity contribution in [2.45, 2.75) is 32.9 Å².